The maximum Gasteiger partial charge on any atom is 0.332 e. The lowest BCUT2D eigenvalue weighted by Crippen LogP contribution is -2.27. The summed E-state index contributed by atoms with van der Waals surface area (Å²) in [5.41, 5.74) is 2.66. The van der Waals surface area contributed by atoms with E-state index in [2.05, 4.69) is 38.2 Å². The van der Waals surface area contributed by atoms with Crippen molar-refractivity contribution in [2.45, 2.75) is 13.5 Å². The molecule has 4 aromatic rings. The molecule has 9 nitrogen and oxygen atoms in total. The third-order valence-corrected chi connectivity index (χ3v) is 5.16. The number of nitrogens with one attached hydrogen (secondary N) is 1. The molecular formula is C21H20FN7O2S. The number of halogens is 1. The van der Waals surface area contributed by atoms with Gasteiger partial charge in [-0.25, -0.2) is 19.2 Å². The highest BCUT2D eigenvalue weighted by atomic mass is 32.1. The molecule has 3 aromatic heterocycles. The quantitative estimate of drug-likeness (QED) is 0.431. The van der Waals surface area contributed by atoms with E-state index in [1.54, 1.807) is 60.5 Å². The Morgan fingerprint density at radius 1 is 1.25 bits per heavy atom. The van der Waals surface area contributed by atoms with Gasteiger partial charge in [-0.3, -0.25) is 19.3 Å². The van der Waals surface area contributed by atoms with Gasteiger partial charge in [0.05, 0.1) is 31.7 Å². The first-order valence-electron chi connectivity index (χ1n) is 9.74. The minimum absolute atomic E-state index is 0.184. The Bertz CT molecular complexity index is 1280. The van der Waals surface area contributed by atoms with Crippen LogP contribution in [-0.4, -0.2) is 48.7 Å². The Morgan fingerprint density at radius 2 is 2.09 bits per heavy atom. The molecular weight excluding hydrogens is 433 g/mol. The fraction of sp³-hybridized carbons (Fsp3) is 0.190. The van der Waals surface area contributed by atoms with E-state index in [9.17, 15) is 9.18 Å². The predicted octanol–water partition coefficient (Wildman–Crippen LogP) is 3.78. The molecule has 0 spiro atoms. The highest BCUT2D eigenvalue weighted by Gasteiger charge is 2.13. The van der Waals surface area contributed by atoms with E-state index in [0.717, 1.165) is 0 Å². The van der Waals surface area contributed by atoms with Crippen LogP contribution in [0.1, 0.15) is 12.5 Å². The number of urea groups is 1. The Hall–Kier alpha value is -3.73. The molecule has 0 aliphatic rings. The van der Waals surface area contributed by atoms with Gasteiger partial charge in [0.1, 0.15) is 11.3 Å². The molecule has 0 aliphatic carbocycles. The van der Waals surface area contributed by atoms with Gasteiger partial charge in [-0.1, -0.05) is 24.9 Å². The summed E-state index contributed by atoms with van der Waals surface area (Å²) >= 11 is 4.07. The second-order valence-electron chi connectivity index (χ2n) is 6.80. The summed E-state index contributed by atoms with van der Waals surface area (Å²) in [6.45, 7) is 2.48. The summed E-state index contributed by atoms with van der Waals surface area (Å²) in [7, 11) is 1.43. The van der Waals surface area contributed by atoms with Crippen LogP contribution in [0.5, 0.6) is 5.75 Å². The van der Waals surface area contributed by atoms with Crippen molar-refractivity contribution in [1.29, 1.82) is 0 Å². The average molecular weight is 454 g/mol. The fourth-order valence-electron chi connectivity index (χ4n) is 3.02. The molecule has 4 rings (SSSR count). The van der Waals surface area contributed by atoms with Gasteiger partial charge in [-0.15, -0.1) is 0 Å². The van der Waals surface area contributed by atoms with E-state index < -0.39 is 11.8 Å². The van der Waals surface area contributed by atoms with Crippen molar-refractivity contribution >= 4 is 35.8 Å². The first-order valence-corrected chi connectivity index (χ1v) is 10.1. The number of nitrogens with zero attached hydrogens (tertiary/aromatic N) is 6. The van der Waals surface area contributed by atoms with Crippen molar-refractivity contribution < 1.29 is 13.9 Å². The number of methoxy groups -OCH3 is 1. The van der Waals surface area contributed by atoms with E-state index in [1.807, 2.05) is 0 Å². The largest absolute Gasteiger partial charge is 0.494 e. The highest BCUT2D eigenvalue weighted by molar-refractivity contribution is 7.78. The first-order chi connectivity index (χ1) is 15.5. The number of rotatable bonds is 6. The number of ether oxygens (including phenoxy) is 1. The standard InChI is InChI=1S/C21H20FN7O2S/c1-3-29(32)21(30)27-18-8-7-15-20(26-18)25-16(10-23-15)14-9-24-28(12-14)11-13-5-4-6-17(31-2)19(13)22/h4-10,12,32H,3,11H2,1-2H3,(H,25,26,27,30). The summed E-state index contributed by atoms with van der Waals surface area (Å²) in [6, 6.07) is 7.95. The Morgan fingerprint density at radius 3 is 2.88 bits per heavy atom. The van der Waals surface area contributed by atoms with Gasteiger partial charge in [-0.05, 0) is 25.1 Å². The number of hydrogen-bond donors (Lipinski definition) is 2. The number of carbonyl (C=O) groups excluding carboxylic acids is 1. The maximum absolute atomic E-state index is 14.4. The first kappa shape index (κ1) is 21.5. The Labute approximate surface area is 188 Å². The van der Waals surface area contributed by atoms with E-state index >= 15 is 0 Å². The number of aromatic nitrogens is 5. The molecule has 32 heavy (non-hydrogen) atoms. The molecule has 2 amide bonds. The van der Waals surface area contributed by atoms with Gasteiger partial charge >= 0.3 is 6.03 Å². The number of amides is 2. The molecule has 164 valence electrons. The highest BCUT2D eigenvalue weighted by Crippen LogP contribution is 2.22. The van der Waals surface area contributed by atoms with Crippen LogP contribution in [0.4, 0.5) is 15.0 Å². The van der Waals surface area contributed by atoms with Crippen LogP contribution in [0.25, 0.3) is 22.4 Å². The van der Waals surface area contributed by atoms with Crippen LogP contribution >= 0.6 is 12.8 Å². The van der Waals surface area contributed by atoms with Crippen LogP contribution < -0.4 is 10.1 Å². The molecule has 1 aromatic carbocycles. The van der Waals surface area contributed by atoms with Crippen molar-refractivity contribution in [3.63, 3.8) is 0 Å². The molecule has 0 aliphatic heterocycles. The summed E-state index contributed by atoms with van der Waals surface area (Å²) in [6.07, 6.45) is 4.99. The Kier molecular flexibility index (Phi) is 6.17. The molecule has 0 atom stereocenters. The summed E-state index contributed by atoms with van der Waals surface area (Å²) in [4.78, 5) is 25.3. The summed E-state index contributed by atoms with van der Waals surface area (Å²) in [5, 5.41) is 6.96. The van der Waals surface area contributed by atoms with Crippen molar-refractivity contribution in [1.82, 2.24) is 29.0 Å². The number of hydrogen-bond acceptors (Lipinski definition) is 7. The van der Waals surface area contributed by atoms with E-state index in [1.165, 1.54) is 11.4 Å². The monoisotopic (exact) mass is 453 g/mol. The van der Waals surface area contributed by atoms with Gasteiger partial charge in [0.15, 0.2) is 17.2 Å². The number of fused-ring (bicyclic) bond motifs is 1. The van der Waals surface area contributed by atoms with Gasteiger partial charge in [0.25, 0.3) is 0 Å². The molecule has 0 saturated carbocycles. The third-order valence-electron chi connectivity index (χ3n) is 4.70. The molecule has 0 saturated heterocycles. The van der Waals surface area contributed by atoms with Gasteiger partial charge in [0.2, 0.25) is 0 Å². The predicted molar refractivity (Wildman–Crippen MR) is 121 cm³/mol. The lowest BCUT2D eigenvalue weighted by molar-refractivity contribution is 0.240. The van der Waals surface area contributed by atoms with E-state index in [4.69, 9.17) is 4.74 Å². The van der Waals surface area contributed by atoms with Gasteiger partial charge in [0, 0.05) is 23.9 Å². The number of carbonyl (C=O) groups is 1. The minimum Gasteiger partial charge on any atom is -0.494 e. The SMILES string of the molecule is CCN(S)C(=O)Nc1ccc2ncc(-c3cnn(Cc4cccc(OC)c4F)c3)nc2n1. The normalized spacial score (nSPS) is 10.9. The van der Waals surface area contributed by atoms with E-state index in [0.29, 0.717) is 40.3 Å². The van der Waals surface area contributed by atoms with Crippen LogP contribution in [0.2, 0.25) is 0 Å². The van der Waals surface area contributed by atoms with Crippen molar-refractivity contribution in [2.24, 2.45) is 0 Å². The van der Waals surface area contributed by atoms with Crippen LogP contribution in [0.15, 0.2) is 48.9 Å². The average Bonchev–Trinajstić information content (AvgIpc) is 3.28. The maximum atomic E-state index is 14.4. The van der Waals surface area contributed by atoms with Crippen LogP contribution in [-0.2, 0) is 6.54 Å². The molecule has 0 bridgehead atoms. The molecule has 11 heteroatoms. The van der Waals surface area contributed by atoms with Crippen molar-refractivity contribution in [3.05, 3.63) is 60.3 Å². The number of thiol groups is 1. The third kappa shape index (κ3) is 4.47. The van der Waals surface area contributed by atoms with Gasteiger partial charge < -0.3 is 4.74 Å². The molecule has 1 N–H and O–H groups in total. The van der Waals surface area contributed by atoms with Crippen LogP contribution in [0, 0.1) is 5.82 Å². The zero-order chi connectivity index (χ0) is 22.7. The second-order valence-corrected chi connectivity index (χ2v) is 7.28. The lowest BCUT2D eigenvalue weighted by atomic mass is 10.2. The van der Waals surface area contributed by atoms with Crippen LogP contribution in [0.3, 0.4) is 0 Å². The number of anilines is 1. The smallest absolute Gasteiger partial charge is 0.332 e. The minimum atomic E-state index is -0.417. The molecule has 3 heterocycles. The second kappa shape index (κ2) is 9.18. The zero-order valence-electron chi connectivity index (χ0n) is 17.4. The molecule has 0 radical (unpaired) electrons. The van der Waals surface area contributed by atoms with Crippen molar-refractivity contribution in [3.8, 4) is 17.0 Å². The summed E-state index contributed by atoms with van der Waals surface area (Å²) < 4.78 is 22.3. The number of pyridine rings is 1. The topological polar surface area (TPSA) is 98.1 Å². The number of benzene rings is 1. The molecule has 0 fully saturated rings. The van der Waals surface area contributed by atoms with Crippen molar-refractivity contribution in [2.75, 3.05) is 19.0 Å². The molecule has 0 unspecified atom stereocenters. The lowest BCUT2D eigenvalue weighted by Gasteiger charge is -2.13. The summed E-state index contributed by atoms with van der Waals surface area (Å²) in [5.74, 6) is 0.106. The van der Waals surface area contributed by atoms with Gasteiger partial charge in [-0.2, -0.15) is 5.10 Å². The van der Waals surface area contributed by atoms with E-state index in [-0.39, 0.29) is 12.3 Å². The Balaban J connectivity index is 1.57. The fourth-order valence-corrected chi connectivity index (χ4v) is 3.07. The zero-order valence-corrected chi connectivity index (χ0v) is 18.3.